The summed E-state index contributed by atoms with van der Waals surface area (Å²) in [6.07, 6.45) is 1.23. The molecule has 5 nitrogen and oxygen atoms in total. The number of amides is 1. The predicted molar refractivity (Wildman–Crippen MR) is 55.4 cm³/mol. The first-order valence-electron chi connectivity index (χ1n) is 4.86. The zero-order valence-corrected chi connectivity index (χ0v) is 9.12. The first-order chi connectivity index (χ1) is 7.15. The second-order valence-electron chi connectivity index (χ2n) is 2.69. The molecule has 1 unspecified atom stereocenters. The van der Waals surface area contributed by atoms with Crippen molar-refractivity contribution in [1.82, 2.24) is 5.32 Å². The van der Waals surface area contributed by atoms with Crippen LogP contribution in [0.15, 0.2) is 12.7 Å². The minimum absolute atomic E-state index is 0.259. The number of hydrogen-bond acceptors (Lipinski definition) is 4. The molecule has 0 aliphatic rings. The minimum atomic E-state index is -0.721. The van der Waals surface area contributed by atoms with Gasteiger partial charge in [0.2, 0.25) is 0 Å². The van der Waals surface area contributed by atoms with Crippen LogP contribution in [0.25, 0.3) is 0 Å². The van der Waals surface area contributed by atoms with E-state index in [0.29, 0.717) is 6.42 Å². The summed E-state index contributed by atoms with van der Waals surface area (Å²) in [5, 5.41) is 2.40. The molecule has 0 heterocycles. The topological polar surface area (TPSA) is 64.6 Å². The summed E-state index contributed by atoms with van der Waals surface area (Å²) in [4.78, 5) is 22.4. The number of hydrogen-bond donors (Lipinski definition) is 1. The van der Waals surface area contributed by atoms with Crippen molar-refractivity contribution in [3.05, 3.63) is 12.7 Å². The Labute approximate surface area is 89.4 Å². The molecule has 0 aromatic rings. The molecule has 0 aromatic carbocycles. The van der Waals surface area contributed by atoms with Crippen LogP contribution >= 0.6 is 0 Å². The SMILES string of the molecule is C=CCC(NC(=O)OCC)C(=O)OCC. The van der Waals surface area contributed by atoms with Crippen LogP contribution in [0.1, 0.15) is 20.3 Å². The molecular weight excluding hydrogens is 198 g/mol. The predicted octanol–water partition coefficient (Wildman–Crippen LogP) is 1.24. The number of carbonyl (C=O) groups excluding carboxylic acids is 2. The van der Waals surface area contributed by atoms with Gasteiger partial charge in [-0.2, -0.15) is 0 Å². The molecular formula is C10H17NO4. The quantitative estimate of drug-likeness (QED) is 0.535. The van der Waals surface area contributed by atoms with Gasteiger partial charge >= 0.3 is 12.1 Å². The molecule has 5 heteroatoms. The van der Waals surface area contributed by atoms with Crippen LogP contribution in [0.4, 0.5) is 4.79 Å². The Morgan fingerprint density at radius 1 is 1.33 bits per heavy atom. The summed E-state index contributed by atoms with van der Waals surface area (Å²) in [5.74, 6) is -0.481. The number of esters is 1. The van der Waals surface area contributed by atoms with Crippen LogP contribution in [0, 0.1) is 0 Å². The number of nitrogens with one attached hydrogen (secondary N) is 1. The summed E-state index contributed by atoms with van der Waals surface area (Å²) in [7, 11) is 0. The first-order valence-corrected chi connectivity index (χ1v) is 4.86. The maximum absolute atomic E-state index is 11.3. The van der Waals surface area contributed by atoms with Gasteiger partial charge in [0, 0.05) is 0 Å². The summed E-state index contributed by atoms with van der Waals surface area (Å²) >= 11 is 0. The van der Waals surface area contributed by atoms with E-state index in [4.69, 9.17) is 4.74 Å². The third-order valence-corrected chi connectivity index (χ3v) is 1.54. The highest BCUT2D eigenvalue weighted by atomic mass is 16.6. The lowest BCUT2D eigenvalue weighted by Crippen LogP contribution is -2.41. The van der Waals surface area contributed by atoms with Gasteiger partial charge in [0.1, 0.15) is 6.04 Å². The second kappa shape index (κ2) is 7.84. The van der Waals surface area contributed by atoms with E-state index >= 15 is 0 Å². The van der Waals surface area contributed by atoms with Crippen LogP contribution in [0.5, 0.6) is 0 Å². The highest BCUT2D eigenvalue weighted by molar-refractivity contribution is 5.81. The molecule has 0 saturated heterocycles. The number of carbonyl (C=O) groups is 2. The van der Waals surface area contributed by atoms with Gasteiger partial charge in [0.25, 0.3) is 0 Å². The summed E-state index contributed by atoms with van der Waals surface area (Å²) in [6, 6.07) is -0.721. The maximum Gasteiger partial charge on any atom is 0.407 e. The third kappa shape index (κ3) is 5.72. The van der Waals surface area contributed by atoms with E-state index in [1.54, 1.807) is 13.8 Å². The van der Waals surface area contributed by atoms with Gasteiger partial charge in [-0.1, -0.05) is 6.08 Å². The molecule has 0 bridgehead atoms. The molecule has 0 radical (unpaired) electrons. The van der Waals surface area contributed by atoms with Gasteiger partial charge in [-0.3, -0.25) is 0 Å². The molecule has 0 rings (SSSR count). The molecule has 0 saturated carbocycles. The molecule has 0 aliphatic heterocycles. The summed E-state index contributed by atoms with van der Waals surface area (Å²) < 4.78 is 9.43. The smallest absolute Gasteiger partial charge is 0.407 e. The van der Waals surface area contributed by atoms with E-state index in [2.05, 4.69) is 16.6 Å². The highest BCUT2D eigenvalue weighted by Crippen LogP contribution is 1.97. The van der Waals surface area contributed by atoms with Crippen molar-refractivity contribution in [1.29, 1.82) is 0 Å². The fraction of sp³-hybridized carbons (Fsp3) is 0.600. The van der Waals surface area contributed by atoms with Crippen LogP contribution in [-0.2, 0) is 14.3 Å². The standard InChI is InChI=1S/C10H17NO4/c1-4-7-8(9(12)14-5-2)11-10(13)15-6-3/h4,8H,1,5-7H2,2-3H3,(H,11,13). The summed E-state index contributed by atoms with van der Waals surface area (Å²) in [5.41, 5.74) is 0. The lowest BCUT2D eigenvalue weighted by Gasteiger charge is -2.14. The zero-order chi connectivity index (χ0) is 11.7. The Bertz CT molecular complexity index is 227. The second-order valence-corrected chi connectivity index (χ2v) is 2.69. The molecule has 15 heavy (non-hydrogen) atoms. The van der Waals surface area contributed by atoms with Crippen molar-refractivity contribution in [3.8, 4) is 0 Å². The lowest BCUT2D eigenvalue weighted by molar-refractivity contribution is -0.145. The fourth-order valence-corrected chi connectivity index (χ4v) is 0.939. The van der Waals surface area contributed by atoms with Crippen LogP contribution in [0.2, 0.25) is 0 Å². The van der Waals surface area contributed by atoms with E-state index in [1.165, 1.54) is 6.08 Å². The average molecular weight is 215 g/mol. The van der Waals surface area contributed by atoms with Gasteiger partial charge in [-0.15, -0.1) is 6.58 Å². The molecule has 1 N–H and O–H groups in total. The minimum Gasteiger partial charge on any atom is -0.464 e. The number of ether oxygens (including phenoxy) is 2. The van der Waals surface area contributed by atoms with Crippen LogP contribution < -0.4 is 5.32 Å². The Morgan fingerprint density at radius 3 is 2.40 bits per heavy atom. The average Bonchev–Trinajstić information content (AvgIpc) is 2.18. The Hall–Kier alpha value is -1.52. The van der Waals surface area contributed by atoms with Crippen molar-refractivity contribution in [2.45, 2.75) is 26.3 Å². The molecule has 1 atom stereocenters. The first kappa shape index (κ1) is 13.5. The summed E-state index contributed by atoms with van der Waals surface area (Å²) in [6.45, 7) is 7.42. The van der Waals surface area contributed by atoms with Crippen LogP contribution in [0.3, 0.4) is 0 Å². The third-order valence-electron chi connectivity index (χ3n) is 1.54. The largest absolute Gasteiger partial charge is 0.464 e. The lowest BCUT2D eigenvalue weighted by atomic mass is 10.2. The van der Waals surface area contributed by atoms with Crippen molar-refractivity contribution in [2.24, 2.45) is 0 Å². The van der Waals surface area contributed by atoms with Crippen molar-refractivity contribution >= 4 is 12.1 Å². The van der Waals surface area contributed by atoms with Gasteiger partial charge in [-0.25, -0.2) is 9.59 Å². The molecule has 86 valence electrons. The molecule has 0 aliphatic carbocycles. The zero-order valence-electron chi connectivity index (χ0n) is 9.12. The van der Waals surface area contributed by atoms with Gasteiger partial charge < -0.3 is 14.8 Å². The Morgan fingerprint density at radius 2 is 1.93 bits per heavy atom. The maximum atomic E-state index is 11.3. The van der Waals surface area contributed by atoms with E-state index in [1.807, 2.05) is 0 Å². The number of rotatable bonds is 6. The van der Waals surface area contributed by atoms with Gasteiger partial charge in [0.15, 0.2) is 0 Å². The van der Waals surface area contributed by atoms with E-state index in [9.17, 15) is 9.59 Å². The van der Waals surface area contributed by atoms with Crippen molar-refractivity contribution < 1.29 is 19.1 Å². The molecule has 0 fully saturated rings. The molecule has 0 spiro atoms. The van der Waals surface area contributed by atoms with E-state index in [-0.39, 0.29) is 13.2 Å². The monoisotopic (exact) mass is 215 g/mol. The van der Waals surface area contributed by atoms with Gasteiger partial charge in [-0.05, 0) is 20.3 Å². The van der Waals surface area contributed by atoms with Crippen molar-refractivity contribution in [2.75, 3.05) is 13.2 Å². The Kier molecular flexibility index (Phi) is 7.05. The number of alkyl carbamates (subject to hydrolysis) is 1. The van der Waals surface area contributed by atoms with Crippen molar-refractivity contribution in [3.63, 3.8) is 0 Å². The van der Waals surface area contributed by atoms with E-state index in [0.717, 1.165) is 0 Å². The Balaban J connectivity index is 4.19. The highest BCUT2D eigenvalue weighted by Gasteiger charge is 2.20. The van der Waals surface area contributed by atoms with Gasteiger partial charge in [0.05, 0.1) is 13.2 Å². The fourth-order valence-electron chi connectivity index (χ4n) is 0.939. The van der Waals surface area contributed by atoms with Crippen LogP contribution in [-0.4, -0.2) is 31.3 Å². The van der Waals surface area contributed by atoms with E-state index < -0.39 is 18.1 Å². The molecule has 0 aromatic heterocycles. The molecule has 1 amide bonds. The normalized spacial score (nSPS) is 11.3.